The van der Waals surface area contributed by atoms with E-state index in [2.05, 4.69) is 49.2 Å². The molecule has 0 spiro atoms. The van der Waals surface area contributed by atoms with Crippen LogP contribution in [0.3, 0.4) is 0 Å². The Hall–Kier alpha value is -1.84. The van der Waals surface area contributed by atoms with E-state index in [-0.39, 0.29) is 0 Å². The third-order valence-electron chi connectivity index (χ3n) is 5.38. The molecule has 1 heterocycles. The largest absolute Gasteiger partial charge is 0.388 e. The first-order valence-corrected chi connectivity index (χ1v) is 9.37. The number of aliphatic hydroxyl groups excluding tert-OH is 2. The Morgan fingerprint density at radius 1 is 0.960 bits per heavy atom. The Morgan fingerprint density at radius 3 is 2.20 bits per heavy atom. The smallest absolute Gasteiger partial charge is 0.0791 e. The highest BCUT2D eigenvalue weighted by molar-refractivity contribution is 5.86. The van der Waals surface area contributed by atoms with Crippen LogP contribution in [-0.4, -0.2) is 17.3 Å². The lowest BCUT2D eigenvalue weighted by Gasteiger charge is -2.33. The quantitative estimate of drug-likeness (QED) is 0.826. The number of aryl methyl sites for hydroxylation is 1. The van der Waals surface area contributed by atoms with Gasteiger partial charge >= 0.3 is 0 Å². The molecule has 2 N–H and O–H groups in total. The summed E-state index contributed by atoms with van der Waals surface area (Å²) in [5, 5.41) is 21.0. The Balaban J connectivity index is 2.25. The van der Waals surface area contributed by atoms with Crippen LogP contribution < -0.4 is 4.90 Å². The molecule has 2 unspecified atom stereocenters. The van der Waals surface area contributed by atoms with Crippen LogP contribution in [0.4, 0.5) is 5.69 Å². The van der Waals surface area contributed by atoms with Crippen LogP contribution in [0.15, 0.2) is 30.3 Å². The molecule has 3 heteroatoms. The molecule has 0 saturated heterocycles. The molecular weight excluding hydrogens is 310 g/mol. The van der Waals surface area contributed by atoms with Crippen molar-refractivity contribution in [2.45, 2.75) is 58.8 Å². The minimum atomic E-state index is -0.543. The van der Waals surface area contributed by atoms with Crippen molar-refractivity contribution in [3.05, 3.63) is 52.6 Å². The van der Waals surface area contributed by atoms with Gasteiger partial charge in [-0.15, -0.1) is 0 Å². The number of anilines is 1. The molecule has 0 amide bonds. The van der Waals surface area contributed by atoms with Crippen LogP contribution in [0.1, 0.15) is 68.1 Å². The zero-order chi connectivity index (χ0) is 18.1. The molecule has 3 rings (SSSR count). The predicted molar refractivity (Wildman–Crippen MR) is 104 cm³/mol. The first-order chi connectivity index (χ1) is 12.0. The fourth-order valence-electron chi connectivity index (χ4n) is 3.96. The lowest BCUT2D eigenvalue weighted by molar-refractivity contribution is 0.150. The SMILES string of the molecule is CCc1cccc2c1N(C)Cc1cc(C(O)CC)c(C(O)CC)cc1-2. The van der Waals surface area contributed by atoms with Crippen LogP contribution >= 0.6 is 0 Å². The Labute approximate surface area is 150 Å². The minimum Gasteiger partial charge on any atom is -0.388 e. The van der Waals surface area contributed by atoms with E-state index in [0.29, 0.717) is 12.8 Å². The first-order valence-electron chi connectivity index (χ1n) is 9.37. The normalized spacial score (nSPS) is 15.5. The fraction of sp³-hybridized carbons (Fsp3) is 0.455. The predicted octanol–water partition coefficient (Wildman–Crippen LogP) is 4.75. The summed E-state index contributed by atoms with van der Waals surface area (Å²) < 4.78 is 0. The van der Waals surface area contributed by atoms with Gasteiger partial charge in [-0.1, -0.05) is 45.0 Å². The van der Waals surface area contributed by atoms with Gasteiger partial charge in [0.25, 0.3) is 0 Å². The van der Waals surface area contributed by atoms with Crippen molar-refractivity contribution in [3.63, 3.8) is 0 Å². The van der Waals surface area contributed by atoms with Crippen molar-refractivity contribution < 1.29 is 10.2 Å². The molecule has 134 valence electrons. The highest BCUT2D eigenvalue weighted by atomic mass is 16.3. The maximum absolute atomic E-state index is 10.5. The van der Waals surface area contributed by atoms with Gasteiger partial charge in [0, 0.05) is 24.8 Å². The Morgan fingerprint density at radius 2 is 1.60 bits per heavy atom. The summed E-state index contributed by atoms with van der Waals surface area (Å²) in [4.78, 5) is 2.30. The second kappa shape index (κ2) is 7.19. The average Bonchev–Trinajstić information content (AvgIpc) is 2.65. The maximum Gasteiger partial charge on any atom is 0.0791 e. The molecule has 1 aliphatic rings. The summed E-state index contributed by atoms with van der Waals surface area (Å²) in [6.45, 7) is 6.96. The van der Waals surface area contributed by atoms with E-state index in [1.54, 1.807) is 0 Å². The van der Waals surface area contributed by atoms with E-state index in [9.17, 15) is 10.2 Å². The zero-order valence-electron chi connectivity index (χ0n) is 15.7. The maximum atomic E-state index is 10.5. The zero-order valence-corrected chi connectivity index (χ0v) is 15.7. The van der Waals surface area contributed by atoms with Crippen LogP contribution in [0.2, 0.25) is 0 Å². The summed E-state index contributed by atoms with van der Waals surface area (Å²) in [6.07, 6.45) is 1.22. The fourth-order valence-corrected chi connectivity index (χ4v) is 3.96. The summed E-state index contributed by atoms with van der Waals surface area (Å²) in [6, 6.07) is 10.7. The van der Waals surface area contributed by atoms with Crippen molar-refractivity contribution >= 4 is 5.69 Å². The second-order valence-corrected chi connectivity index (χ2v) is 7.01. The van der Waals surface area contributed by atoms with Crippen LogP contribution in [0.5, 0.6) is 0 Å². The molecule has 0 aliphatic carbocycles. The van der Waals surface area contributed by atoms with Gasteiger partial charge in [0.2, 0.25) is 0 Å². The third-order valence-corrected chi connectivity index (χ3v) is 5.38. The number of aliphatic hydroxyl groups is 2. The molecule has 2 aromatic carbocycles. The molecule has 0 bridgehead atoms. The number of benzene rings is 2. The summed E-state index contributed by atoms with van der Waals surface area (Å²) >= 11 is 0. The summed E-state index contributed by atoms with van der Waals surface area (Å²) in [5.74, 6) is 0. The number of nitrogens with zero attached hydrogens (tertiary/aromatic N) is 1. The van der Waals surface area contributed by atoms with Gasteiger partial charge in [-0.3, -0.25) is 0 Å². The number of fused-ring (bicyclic) bond motifs is 3. The molecular formula is C22H29NO2. The molecule has 2 atom stereocenters. The second-order valence-electron chi connectivity index (χ2n) is 7.01. The molecule has 0 aromatic heterocycles. The van der Waals surface area contributed by atoms with Crippen molar-refractivity contribution in [3.8, 4) is 11.1 Å². The third kappa shape index (κ3) is 3.07. The van der Waals surface area contributed by atoms with Gasteiger partial charge < -0.3 is 15.1 Å². The van der Waals surface area contributed by atoms with E-state index < -0.39 is 12.2 Å². The number of hydrogen-bond donors (Lipinski definition) is 2. The van der Waals surface area contributed by atoms with Crippen molar-refractivity contribution in [1.82, 2.24) is 0 Å². The van der Waals surface area contributed by atoms with E-state index in [1.165, 1.54) is 27.9 Å². The van der Waals surface area contributed by atoms with Crippen LogP contribution in [-0.2, 0) is 13.0 Å². The van der Waals surface area contributed by atoms with Gasteiger partial charge in [-0.25, -0.2) is 0 Å². The molecule has 0 saturated carbocycles. The van der Waals surface area contributed by atoms with Gasteiger partial charge in [0.05, 0.1) is 12.2 Å². The van der Waals surface area contributed by atoms with Crippen LogP contribution in [0.25, 0.3) is 11.1 Å². The molecule has 0 radical (unpaired) electrons. The van der Waals surface area contributed by atoms with Gasteiger partial charge in [-0.2, -0.15) is 0 Å². The summed E-state index contributed by atoms with van der Waals surface area (Å²) in [7, 11) is 2.13. The van der Waals surface area contributed by atoms with Gasteiger partial charge in [0.15, 0.2) is 0 Å². The minimum absolute atomic E-state index is 0.532. The number of para-hydroxylation sites is 1. The molecule has 2 aromatic rings. The molecule has 1 aliphatic heterocycles. The van der Waals surface area contributed by atoms with E-state index >= 15 is 0 Å². The molecule has 3 nitrogen and oxygen atoms in total. The van der Waals surface area contributed by atoms with Crippen molar-refractivity contribution in [2.24, 2.45) is 0 Å². The lowest BCUT2D eigenvalue weighted by atomic mass is 9.85. The number of hydrogen-bond acceptors (Lipinski definition) is 3. The summed E-state index contributed by atoms with van der Waals surface area (Å²) in [5.41, 5.74) is 8.02. The Bertz CT molecular complexity index is 769. The van der Waals surface area contributed by atoms with Gasteiger partial charge in [-0.05, 0) is 53.1 Å². The molecule has 0 fully saturated rings. The highest BCUT2D eigenvalue weighted by Crippen LogP contribution is 2.43. The standard InChI is InChI=1S/C22H29NO2/c1-5-14-9-8-10-16-17-12-19(21(25)7-3)18(20(24)6-2)11-15(17)13-23(4)22(14)16/h8-12,20-21,24-25H,5-7,13H2,1-4H3. The Kier molecular flexibility index (Phi) is 5.16. The average molecular weight is 339 g/mol. The van der Waals surface area contributed by atoms with E-state index in [1.807, 2.05) is 13.8 Å². The topological polar surface area (TPSA) is 43.7 Å². The van der Waals surface area contributed by atoms with Crippen molar-refractivity contribution in [2.75, 3.05) is 11.9 Å². The first kappa shape index (κ1) is 18.0. The van der Waals surface area contributed by atoms with E-state index in [0.717, 1.165) is 24.1 Å². The van der Waals surface area contributed by atoms with Crippen molar-refractivity contribution in [1.29, 1.82) is 0 Å². The number of rotatable bonds is 5. The monoisotopic (exact) mass is 339 g/mol. The molecule has 25 heavy (non-hydrogen) atoms. The van der Waals surface area contributed by atoms with Crippen LogP contribution in [0, 0.1) is 0 Å². The van der Waals surface area contributed by atoms with E-state index in [4.69, 9.17) is 0 Å². The highest BCUT2D eigenvalue weighted by Gasteiger charge is 2.26. The van der Waals surface area contributed by atoms with Gasteiger partial charge in [0.1, 0.15) is 0 Å². The lowest BCUT2D eigenvalue weighted by Crippen LogP contribution is -2.24.